The molecule has 0 amide bonds. The lowest BCUT2D eigenvalue weighted by molar-refractivity contribution is -0.0264. The summed E-state index contributed by atoms with van der Waals surface area (Å²) in [6, 6.07) is 6.11. The monoisotopic (exact) mass is 291 g/mol. The van der Waals surface area contributed by atoms with Crippen molar-refractivity contribution in [3.8, 4) is 11.5 Å². The van der Waals surface area contributed by atoms with Crippen molar-refractivity contribution in [2.24, 2.45) is 5.73 Å². The number of nitrogens with zero attached hydrogens (tertiary/aromatic N) is 2. The van der Waals surface area contributed by atoms with Crippen molar-refractivity contribution in [3.63, 3.8) is 0 Å². The molecule has 1 unspecified atom stereocenters. The second-order valence-corrected chi connectivity index (χ2v) is 5.11. The van der Waals surface area contributed by atoms with Crippen LogP contribution in [0, 0.1) is 5.82 Å². The van der Waals surface area contributed by atoms with Gasteiger partial charge in [-0.05, 0) is 24.3 Å². The molecule has 2 heterocycles. The van der Waals surface area contributed by atoms with Gasteiger partial charge in [-0.15, -0.1) is 0 Å². The average Bonchev–Trinajstić information content (AvgIpc) is 2.96. The fourth-order valence-electron chi connectivity index (χ4n) is 2.40. The summed E-state index contributed by atoms with van der Waals surface area (Å²) in [6.07, 6.45) is 1.73. The Balaban J connectivity index is 1.66. The van der Waals surface area contributed by atoms with Crippen LogP contribution in [0.2, 0.25) is 0 Å². The SMILES string of the molecule is NCC1CN(Cc2coc(-c3ccc(F)cc3)n2)CCO1. The van der Waals surface area contributed by atoms with E-state index >= 15 is 0 Å². The molecule has 2 N–H and O–H groups in total. The first-order chi connectivity index (χ1) is 10.2. The Hall–Kier alpha value is -1.76. The van der Waals surface area contributed by atoms with Gasteiger partial charge in [0.15, 0.2) is 0 Å². The van der Waals surface area contributed by atoms with Crippen molar-refractivity contribution in [1.29, 1.82) is 0 Å². The summed E-state index contributed by atoms with van der Waals surface area (Å²) in [4.78, 5) is 6.70. The van der Waals surface area contributed by atoms with E-state index in [1.54, 1.807) is 18.4 Å². The van der Waals surface area contributed by atoms with Crippen LogP contribution in [0.25, 0.3) is 11.5 Å². The summed E-state index contributed by atoms with van der Waals surface area (Å²) in [5.74, 6) is 0.236. The van der Waals surface area contributed by atoms with Crippen LogP contribution in [-0.4, -0.2) is 42.2 Å². The van der Waals surface area contributed by atoms with Crippen molar-refractivity contribution in [2.75, 3.05) is 26.2 Å². The Morgan fingerprint density at radius 2 is 2.14 bits per heavy atom. The van der Waals surface area contributed by atoms with Gasteiger partial charge in [0.25, 0.3) is 0 Å². The Labute approximate surface area is 122 Å². The van der Waals surface area contributed by atoms with Crippen LogP contribution in [0.15, 0.2) is 34.9 Å². The van der Waals surface area contributed by atoms with E-state index < -0.39 is 0 Å². The first-order valence-corrected chi connectivity index (χ1v) is 6.99. The summed E-state index contributed by atoms with van der Waals surface area (Å²) in [5.41, 5.74) is 7.26. The maximum absolute atomic E-state index is 12.9. The highest BCUT2D eigenvalue weighted by atomic mass is 19.1. The summed E-state index contributed by atoms with van der Waals surface area (Å²) in [6.45, 7) is 3.57. The van der Waals surface area contributed by atoms with Crippen molar-refractivity contribution < 1.29 is 13.5 Å². The normalized spacial score (nSPS) is 19.8. The quantitative estimate of drug-likeness (QED) is 0.927. The third-order valence-corrected chi connectivity index (χ3v) is 3.51. The number of hydrogen-bond acceptors (Lipinski definition) is 5. The standard InChI is InChI=1S/C15H18FN3O2/c16-12-3-1-11(2-4-12)15-18-13(10-21-15)8-19-5-6-20-14(7-17)9-19/h1-4,10,14H,5-9,17H2. The van der Waals surface area contributed by atoms with E-state index in [-0.39, 0.29) is 11.9 Å². The van der Waals surface area contributed by atoms with E-state index in [2.05, 4.69) is 9.88 Å². The zero-order valence-electron chi connectivity index (χ0n) is 11.7. The molecule has 21 heavy (non-hydrogen) atoms. The van der Waals surface area contributed by atoms with Gasteiger partial charge >= 0.3 is 0 Å². The van der Waals surface area contributed by atoms with Crippen LogP contribution in [0.5, 0.6) is 0 Å². The minimum atomic E-state index is -0.272. The lowest BCUT2D eigenvalue weighted by Crippen LogP contribution is -2.45. The smallest absolute Gasteiger partial charge is 0.226 e. The van der Waals surface area contributed by atoms with Gasteiger partial charge in [-0.3, -0.25) is 4.90 Å². The second kappa shape index (κ2) is 6.34. The van der Waals surface area contributed by atoms with E-state index in [9.17, 15) is 4.39 Å². The number of rotatable bonds is 4. The Morgan fingerprint density at radius 1 is 1.33 bits per heavy atom. The summed E-state index contributed by atoms with van der Waals surface area (Å²) < 4.78 is 23.9. The number of hydrogen-bond donors (Lipinski definition) is 1. The van der Waals surface area contributed by atoms with Crippen LogP contribution in [0.1, 0.15) is 5.69 Å². The van der Waals surface area contributed by atoms with Gasteiger partial charge in [0.05, 0.1) is 18.4 Å². The highest BCUT2D eigenvalue weighted by Gasteiger charge is 2.20. The van der Waals surface area contributed by atoms with E-state index in [1.165, 1.54) is 12.1 Å². The van der Waals surface area contributed by atoms with Gasteiger partial charge in [-0.1, -0.05) is 0 Å². The molecule has 1 aromatic carbocycles. The molecule has 112 valence electrons. The van der Waals surface area contributed by atoms with E-state index in [0.29, 0.717) is 25.6 Å². The van der Waals surface area contributed by atoms with Crippen LogP contribution < -0.4 is 5.73 Å². The predicted octanol–water partition coefficient (Wildman–Crippen LogP) is 1.64. The highest BCUT2D eigenvalue weighted by molar-refractivity contribution is 5.52. The molecule has 0 aliphatic carbocycles. The maximum atomic E-state index is 12.9. The molecule has 3 rings (SSSR count). The van der Waals surface area contributed by atoms with Gasteiger partial charge in [0, 0.05) is 31.7 Å². The molecule has 5 nitrogen and oxygen atoms in total. The first-order valence-electron chi connectivity index (χ1n) is 6.99. The van der Waals surface area contributed by atoms with Crippen molar-refractivity contribution in [2.45, 2.75) is 12.6 Å². The van der Waals surface area contributed by atoms with E-state index in [4.69, 9.17) is 14.9 Å². The molecule has 1 atom stereocenters. The third kappa shape index (κ3) is 3.47. The summed E-state index contributed by atoms with van der Waals surface area (Å²) >= 11 is 0. The predicted molar refractivity (Wildman–Crippen MR) is 76.0 cm³/mol. The molecular formula is C15H18FN3O2. The number of morpholine rings is 1. The van der Waals surface area contributed by atoms with E-state index in [0.717, 1.165) is 24.3 Å². The van der Waals surface area contributed by atoms with Crippen LogP contribution in [0.3, 0.4) is 0 Å². The van der Waals surface area contributed by atoms with Gasteiger partial charge in [-0.25, -0.2) is 9.37 Å². The Morgan fingerprint density at radius 3 is 2.90 bits per heavy atom. The molecule has 1 saturated heterocycles. The molecule has 0 radical (unpaired) electrons. The highest BCUT2D eigenvalue weighted by Crippen LogP contribution is 2.20. The van der Waals surface area contributed by atoms with Gasteiger partial charge in [-0.2, -0.15) is 0 Å². The molecule has 1 aliphatic rings. The number of nitrogens with two attached hydrogens (primary N) is 1. The minimum Gasteiger partial charge on any atom is -0.444 e. The van der Waals surface area contributed by atoms with Gasteiger partial charge in [0.1, 0.15) is 12.1 Å². The second-order valence-electron chi connectivity index (χ2n) is 5.11. The fraction of sp³-hybridized carbons (Fsp3) is 0.400. The Bertz CT molecular complexity index is 585. The first kappa shape index (κ1) is 14.2. The number of benzene rings is 1. The summed E-state index contributed by atoms with van der Waals surface area (Å²) in [7, 11) is 0. The van der Waals surface area contributed by atoms with Crippen LogP contribution in [0.4, 0.5) is 4.39 Å². The number of ether oxygens (including phenoxy) is 1. The van der Waals surface area contributed by atoms with Crippen molar-refractivity contribution in [1.82, 2.24) is 9.88 Å². The summed E-state index contributed by atoms with van der Waals surface area (Å²) in [5, 5.41) is 0. The molecule has 0 bridgehead atoms. The molecule has 6 heteroatoms. The maximum Gasteiger partial charge on any atom is 0.226 e. The molecule has 1 aromatic heterocycles. The zero-order chi connectivity index (χ0) is 14.7. The van der Waals surface area contributed by atoms with Crippen LogP contribution >= 0.6 is 0 Å². The third-order valence-electron chi connectivity index (χ3n) is 3.51. The lowest BCUT2D eigenvalue weighted by atomic mass is 10.2. The number of oxazole rings is 1. The number of halogens is 1. The average molecular weight is 291 g/mol. The Kier molecular flexibility index (Phi) is 4.28. The topological polar surface area (TPSA) is 64.5 Å². The molecule has 0 spiro atoms. The van der Waals surface area contributed by atoms with Crippen molar-refractivity contribution >= 4 is 0 Å². The zero-order valence-corrected chi connectivity index (χ0v) is 11.7. The molecule has 1 aliphatic heterocycles. The fourth-order valence-corrected chi connectivity index (χ4v) is 2.40. The molecular weight excluding hydrogens is 273 g/mol. The number of aromatic nitrogens is 1. The van der Waals surface area contributed by atoms with Crippen molar-refractivity contribution in [3.05, 3.63) is 42.0 Å². The largest absolute Gasteiger partial charge is 0.444 e. The van der Waals surface area contributed by atoms with Crippen LogP contribution in [-0.2, 0) is 11.3 Å². The molecule has 2 aromatic rings. The lowest BCUT2D eigenvalue weighted by Gasteiger charge is -2.31. The van der Waals surface area contributed by atoms with Gasteiger partial charge in [0.2, 0.25) is 5.89 Å². The molecule has 1 fully saturated rings. The molecule has 0 saturated carbocycles. The van der Waals surface area contributed by atoms with Gasteiger partial charge < -0.3 is 14.9 Å². The minimum absolute atomic E-state index is 0.0854. The van der Waals surface area contributed by atoms with E-state index in [1.807, 2.05) is 0 Å².